The highest BCUT2D eigenvalue weighted by Crippen LogP contribution is 2.33. The summed E-state index contributed by atoms with van der Waals surface area (Å²) < 4.78 is 27.7. The third-order valence-electron chi connectivity index (χ3n) is 3.89. The number of fused-ring (bicyclic) bond motifs is 1. The number of benzene rings is 2. The summed E-state index contributed by atoms with van der Waals surface area (Å²) >= 11 is 5.97. The first kappa shape index (κ1) is 16.0. The third kappa shape index (κ3) is 3.10. The van der Waals surface area contributed by atoms with Crippen LogP contribution < -0.4 is 4.72 Å². The maximum absolute atomic E-state index is 12.5. The molecule has 2 aromatic carbocycles. The van der Waals surface area contributed by atoms with Crippen molar-refractivity contribution in [2.24, 2.45) is 0 Å². The van der Waals surface area contributed by atoms with Crippen LogP contribution in [-0.2, 0) is 16.4 Å². The second-order valence-corrected chi connectivity index (χ2v) is 7.45. The van der Waals surface area contributed by atoms with Crippen molar-refractivity contribution in [2.75, 3.05) is 0 Å². The van der Waals surface area contributed by atoms with Gasteiger partial charge in [-0.1, -0.05) is 29.8 Å². The number of hydrogen-bond acceptors (Lipinski definition) is 3. The molecule has 0 radical (unpaired) electrons. The van der Waals surface area contributed by atoms with Crippen molar-refractivity contribution in [3.8, 4) is 0 Å². The Kier molecular flexibility index (Phi) is 4.14. The second-order valence-electron chi connectivity index (χ2n) is 5.36. The first-order valence-electron chi connectivity index (χ1n) is 7.01. The Balaban J connectivity index is 1.89. The average molecular weight is 352 g/mol. The van der Waals surface area contributed by atoms with Gasteiger partial charge in [-0.25, -0.2) is 17.9 Å². The Morgan fingerprint density at radius 3 is 2.65 bits per heavy atom. The number of carboxylic acid groups (broad SMARTS) is 1. The molecule has 0 spiro atoms. The smallest absolute Gasteiger partial charge is 0.335 e. The minimum absolute atomic E-state index is 0.0391. The Bertz CT molecular complexity index is 879. The van der Waals surface area contributed by atoms with Crippen LogP contribution in [0, 0.1) is 0 Å². The van der Waals surface area contributed by atoms with Gasteiger partial charge in [-0.15, -0.1) is 0 Å². The Morgan fingerprint density at radius 1 is 1.22 bits per heavy atom. The van der Waals surface area contributed by atoms with Crippen molar-refractivity contribution in [2.45, 2.75) is 23.8 Å². The normalized spacial score (nSPS) is 17.0. The van der Waals surface area contributed by atoms with E-state index in [1.165, 1.54) is 18.2 Å². The molecule has 3 rings (SSSR count). The van der Waals surface area contributed by atoms with Crippen molar-refractivity contribution < 1.29 is 18.3 Å². The molecule has 120 valence electrons. The van der Waals surface area contributed by atoms with Gasteiger partial charge in [0.05, 0.1) is 10.6 Å². The molecule has 0 aliphatic heterocycles. The molecule has 7 heteroatoms. The number of hydrogen-bond donors (Lipinski definition) is 2. The van der Waals surface area contributed by atoms with E-state index in [0.29, 0.717) is 12.8 Å². The van der Waals surface area contributed by atoms with Crippen molar-refractivity contribution >= 4 is 27.6 Å². The van der Waals surface area contributed by atoms with Gasteiger partial charge in [0.1, 0.15) is 4.90 Å². The summed E-state index contributed by atoms with van der Waals surface area (Å²) in [5, 5.41) is 9.19. The monoisotopic (exact) mass is 351 g/mol. The molecule has 0 unspecified atom stereocenters. The predicted molar refractivity (Wildman–Crippen MR) is 86.2 cm³/mol. The number of carboxylic acids is 1. The zero-order valence-electron chi connectivity index (χ0n) is 12.0. The van der Waals surface area contributed by atoms with E-state index in [4.69, 9.17) is 16.7 Å². The molecule has 0 fully saturated rings. The highest BCUT2D eigenvalue weighted by molar-refractivity contribution is 7.89. The Labute approximate surface area is 139 Å². The van der Waals surface area contributed by atoms with E-state index >= 15 is 0 Å². The van der Waals surface area contributed by atoms with Crippen LogP contribution in [0.3, 0.4) is 0 Å². The quantitative estimate of drug-likeness (QED) is 0.886. The number of rotatable bonds is 4. The lowest BCUT2D eigenvalue weighted by atomic mass is 10.1. The van der Waals surface area contributed by atoms with Crippen molar-refractivity contribution in [3.63, 3.8) is 0 Å². The summed E-state index contributed by atoms with van der Waals surface area (Å²) in [6.07, 6.45) is 1.22. The number of carbonyl (C=O) groups is 1. The molecule has 1 aliphatic rings. The third-order valence-corrected chi connectivity index (χ3v) is 5.86. The first-order chi connectivity index (χ1) is 10.9. The molecule has 5 nitrogen and oxygen atoms in total. The molecular weight excluding hydrogens is 338 g/mol. The molecule has 1 aliphatic carbocycles. The molecule has 23 heavy (non-hydrogen) atoms. The van der Waals surface area contributed by atoms with Crippen LogP contribution in [0.1, 0.15) is 33.9 Å². The standard InChI is InChI=1S/C16H14ClNO4S/c17-13-3-1-2-4-15(13)23(21,22)18-14-8-6-10-9-11(16(19)20)5-7-12(10)14/h1-5,7,9,14,18H,6,8H2,(H,19,20)/t14-/m1/s1. The van der Waals surface area contributed by atoms with Crippen LogP contribution in [0.25, 0.3) is 0 Å². The van der Waals surface area contributed by atoms with Crippen LogP contribution in [0.5, 0.6) is 0 Å². The van der Waals surface area contributed by atoms with Gasteiger partial charge in [0.15, 0.2) is 0 Å². The lowest BCUT2D eigenvalue weighted by molar-refractivity contribution is 0.0696. The number of halogens is 1. The summed E-state index contributed by atoms with van der Waals surface area (Å²) in [5.74, 6) is -0.993. The van der Waals surface area contributed by atoms with Gasteiger partial charge in [0, 0.05) is 6.04 Å². The van der Waals surface area contributed by atoms with Gasteiger partial charge >= 0.3 is 5.97 Å². The van der Waals surface area contributed by atoms with Gasteiger partial charge in [0.25, 0.3) is 0 Å². The fourth-order valence-corrected chi connectivity index (χ4v) is 4.56. The van der Waals surface area contributed by atoms with Crippen LogP contribution >= 0.6 is 11.6 Å². The van der Waals surface area contributed by atoms with Crippen LogP contribution in [0.4, 0.5) is 0 Å². The zero-order valence-corrected chi connectivity index (χ0v) is 13.6. The summed E-state index contributed by atoms with van der Waals surface area (Å²) in [6.45, 7) is 0. The zero-order chi connectivity index (χ0) is 16.6. The minimum Gasteiger partial charge on any atom is -0.478 e. The number of sulfonamides is 1. The second kappa shape index (κ2) is 5.96. The fourth-order valence-electron chi connectivity index (χ4n) is 2.79. The highest BCUT2D eigenvalue weighted by Gasteiger charge is 2.29. The molecule has 0 aromatic heterocycles. The Morgan fingerprint density at radius 2 is 1.96 bits per heavy atom. The molecule has 0 saturated heterocycles. The lowest BCUT2D eigenvalue weighted by Gasteiger charge is -2.15. The largest absolute Gasteiger partial charge is 0.478 e. The van der Waals surface area contributed by atoms with Gasteiger partial charge in [-0.3, -0.25) is 0 Å². The molecule has 0 heterocycles. The number of aromatic carboxylic acids is 1. The Hall–Kier alpha value is -1.89. The van der Waals surface area contributed by atoms with Crippen molar-refractivity contribution in [3.05, 3.63) is 64.2 Å². The van der Waals surface area contributed by atoms with E-state index in [9.17, 15) is 13.2 Å². The van der Waals surface area contributed by atoms with Crippen LogP contribution in [-0.4, -0.2) is 19.5 Å². The maximum atomic E-state index is 12.5. The highest BCUT2D eigenvalue weighted by atomic mass is 35.5. The van der Waals surface area contributed by atoms with Gasteiger partial charge in [0.2, 0.25) is 10.0 Å². The van der Waals surface area contributed by atoms with Crippen molar-refractivity contribution in [1.29, 1.82) is 0 Å². The van der Waals surface area contributed by atoms with Crippen molar-refractivity contribution in [1.82, 2.24) is 4.72 Å². The summed E-state index contributed by atoms with van der Waals surface area (Å²) in [4.78, 5) is 11.0. The minimum atomic E-state index is -3.74. The molecule has 0 saturated carbocycles. The first-order valence-corrected chi connectivity index (χ1v) is 8.87. The SMILES string of the molecule is O=C(O)c1ccc2c(c1)CC[C@H]2NS(=O)(=O)c1ccccc1Cl. The molecule has 1 atom stereocenters. The maximum Gasteiger partial charge on any atom is 0.335 e. The fraction of sp³-hybridized carbons (Fsp3) is 0.188. The summed E-state index contributed by atoms with van der Waals surface area (Å²) in [7, 11) is -3.74. The molecular formula is C16H14ClNO4S. The predicted octanol–water partition coefficient (Wildman–Crippen LogP) is 3.00. The molecule has 0 bridgehead atoms. The topological polar surface area (TPSA) is 83.5 Å². The van der Waals surface area contributed by atoms with Gasteiger partial charge in [-0.05, 0) is 48.2 Å². The molecule has 2 aromatic rings. The summed E-state index contributed by atoms with van der Waals surface area (Å²) in [5.41, 5.74) is 1.88. The van der Waals surface area contributed by atoms with Gasteiger partial charge in [-0.2, -0.15) is 0 Å². The van der Waals surface area contributed by atoms with E-state index in [1.54, 1.807) is 24.3 Å². The lowest BCUT2D eigenvalue weighted by Crippen LogP contribution is -2.27. The molecule has 0 amide bonds. The van der Waals surface area contributed by atoms with E-state index in [1.807, 2.05) is 0 Å². The molecule has 2 N–H and O–H groups in total. The average Bonchev–Trinajstić information content (AvgIpc) is 2.89. The number of aryl methyl sites for hydroxylation is 1. The van der Waals surface area contributed by atoms with E-state index < -0.39 is 16.0 Å². The van der Waals surface area contributed by atoms with Crippen LogP contribution in [0.2, 0.25) is 5.02 Å². The van der Waals surface area contributed by atoms with Crippen LogP contribution in [0.15, 0.2) is 47.4 Å². The van der Waals surface area contributed by atoms with E-state index in [-0.39, 0.29) is 21.5 Å². The van der Waals surface area contributed by atoms with E-state index in [0.717, 1.165) is 11.1 Å². The van der Waals surface area contributed by atoms with Gasteiger partial charge < -0.3 is 5.11 Å². The van der Waals surface area contributed by atoms with E-state index in [2.05, 4.69) is 4.72 Å². The number of nitrogens with one attached hydrogen (secondary N) is 1. The summed E-state index contributed by atoms with van der Waals surface area (Å²) in [6, 6.07) is 10.6.